The first-order valence-corrected chi connectivity index (χ1v) is 6.50. The van der Waals surface area contributed by atoms with Gasteiger partial charge in [0.25, 0.3) is 0 Å². The molecule has 0 bridgehead atoms. The highest BCUT2D eigenvalue weighted by Gasteiger charge is 2.15. The standard InChI is InChI=1S/C12H23N3O/c13-12(10-11-4-2-1-3-5-11)14-15-6-8-16-9-7-15/h11H,1-10H2,(H2,13,14). The summed E-state index contributed by atoms with van der Waals surface area (Å²) in [6, 6.07) is 0. The first-order valence-electron chi connectivity index (χ1n) is 6.50. The van der Waals surface area contributed by atoms with Gasteiger partial charge in [-0.05, 0) is 5.92 Å². The first kappa shape index (κ1) is 11.7. The van der Waals surface area contributed by atoms with Gasteiger partial charge in [-0.1, -0.05) is 32.1 Å². The molecule has 1 aliphatic heterocycles. The van der Waals surface area contributed by atoms with Gasteiger partial charge in [-0.25, -0.2) is 0 Å². The first-order chi connectivity index (χ1) is 7.84. The van der Waals surface area contributed by atoms with Crippen molar-refractivity contribution in [2.45, 2.75) is 38.5 Å². The number of hydrogen-bond acceptors (Lipinski definition) is 3. The molecule has 1 saturated heterocycles. The minimum absolute atomic E-state index is 0.776. The van der Waals surface area contributed by atoms with Crippen molar-refractivity contribution in [3.63, 3.8) is 0 Å². The Kier molecular flexibility index (Phi) is 4.45. The van der Waals surface area contributed by atoms with Crippen LogP contribution in [0.4, 0.5) is 0 Å². The molecule has 0 radical (unpaired) electrons. The number of morpholine rings is 1. The lowest BCUT2D eigenvalue weighted by molar-refractivity contribution is 0.0391. The minimum Gasteiger partial charge on any atom is -0.386 e. The molecule has 1 aliphatic carbocycles. The second-order valence-electron chi connectivity index (χ2n) is 4.87. The normalized spacial score (nSPS) is 24.8. The Bertz CT molecular complexity index is 230. The number of nitrogens with two attached hydrogens (primary N) is 1. The van der Waals surface area contributed by atoms with Crippen molar-refractivity contribution in [2.24, 2.45) is 16.8 Å². The fraction of sp³-hybridized carbons (Fsp3) is 0.917. The maximum atomic E-state index is 6.00. The fourth-order valence-corrected chi connectivity index (χ4v) is 2.56. The zero-order valence-electron chi connectivity index (χ0n) is 10.0. The summed E-state index contributed by atoms with van der Waals surface area (Å²) in [5.41, 5.74) is 6.00. The third kappa shape index (κ3) is 3.67. The molecule has 0 amide bonds. The molecule has 2 N–H and O–H groups in total. The largest absolute Gasteiger partial charge is 0.386 e. The van der Waals surface area contributed by atoms with Crippen LogP contribution in [0.25, 0.3) is 0 Å². The Morgan fingerprint density at radius 2 is 1.88 bits per heavy atom. The highest BCUT2D eigenvalue weighted by molar-refractivity contribution is 5.80. The van der Waals surface area contributed by atoms with Crippen LogP contribution >= 0.6 is 0 Å². The summed E-state index contributed by atoms with van der Waals surface area (Å²) in [7, 11) is 0. The van der Waals surface area contributed by atoms with E-state index in [4.69, 9.17) is 10.5 Å². The Labute approximate surface area is 97.8 Å². The third-order valence-electron chi connectivity index (χ3n) is 3.48. The quantitative estimate of drug-likeness (QED) is 0.586. The van der Waals surface area contributed by atoms with Crippen molar-refractivity contribution in [1.29, 1.82) is 0 Å². The number of hydrogen-bond donors (Lipinski definition) is 1. The van der Waals surface area contributed by atoms with Crippen LogP contribution in [0, 0.1) is 5.92 Å². The molecule has 4 heteroatoms. The number of ether oxygens (including phenoxy) is 1. The molecule has 2 aliphatic rings. The van der Waals surface area contributed by atoms with E-state index in [0.717, 1.165) is 44.5 Å². The Balaban J connectivity index is 1.76. The fourth-order valence-electron chi connectivity index (χ4n) is 2.56. The summed E-state index contributed by atoms with van der Waals surface area (Å²) in [5, 5.41) is 6.52. The Morgan fingerprint density at radius 3 is 2.56 bits per heavy atom. The predicted octanol–water partition coefficient (Wildman–Crippen LogP) is 1.56. The summed E-state index contributed by atoms with van der Waals surface area (Å²) in [4.78, 5) is 0. The number of hydrazone groups is 1. The van der Waals surface area contributed by atoms with Gasteiger partial charge in [0, 0.05) is 6.42 Å². The van der Waals surface area contributed by atoms with Crippen LogP contribution in [0.5, 0.6) is 0 Å². The highest BCUT2D eigenvalue weighted by Crippen LogP contribution is 2.26. The van der Waals surface area contributed by atoms with Gasteiger partial charge in [-0.15, -0.1) is 0 Å². The predicted molar refractivity (Wildman–Crippen MR) is 65.2 cm³/mol. The zero-order valence-corrected chi connectivity index (χ0v) is 10.0. The minimum atomic E-state index is 0.776. The summed E-state index contributed by atoms with van der Waals surface area (Å²) in [6.07, 6.45) is 7.79. The smallest absolute Gasteiger partial charge is 0.120 e. The summed E-state index contributed by atoms with van der Waals surface area (Å²) in [6.45, 7) is 3.32. The molecule has 0 atom stereocenters. The average Bonchev–Trinajstić information content (AvgIpc) is 2.31. The van der Waals surface area contributed by atoms with Crippen LogP contribution in [-0.2, 0) is 4.74 Å². The second kappa shape index (κ2) is 6.09. The average molecular weight is 225 g/mol. The van der Waals surface area contributed by atoms with Gasteiger partial charge >= 0.3 is 0 Å². The van der Waals surface area contributed by atoms with Gasteiger partial charge in [0.1, 0.15) is 5.84 Å². The van der Waals surface area contributed by atoms with Gasteiger partial charge in [-0.3, -0.25) is 5.01 Å². The molecule has 1 saturated carbocycles. The lowest BCUT2D eigenvalue weighted by atomic mass is 9.87. The molecule has 0 aromatic rings. The maximum Gasteiger partial charge on any atom is 0.120 e. The van der Waals surface area contributed by atoms with Crippen LogP contribution in [-0.4, -0.2) is 37.1 Å². The van der Waals surface area contributed by atoms with E-state index in [1.54, 1.807) is 0 Å². The van der Waals surface area contributed by atoms with Gasteiger partial charge in [0.2, 0.25) is 0 Å². The van der Waals surface area contributed by atoms with E-state index in [1.807, 2.05) is 5.01 Å². The van der Waals surface area contributed by atoms with Crippen molar-refractivity contribution >= 4 is 5.84 Å². The molecular formula is C12H23N3O. The summed E-state index contributed by atoms with van der Waals surface area (Å²) < 4.78 is 5.28. The van der Waals surface area contributed by atoms with Gasteiger partial charge in [0.15, 0.2) is 0 Å². The molecule has 2 fully saturated rings. The molecule has 2 rings (SSSR count). The van der Waals surface area contributed by atoms with Crippen LogP contribution in [0.15, 0.2) is 5.10 Å². The Morgan fingerprint density at radius 1 is 1.19 bits per heavy atom. The molecule has 16 heavy (non-hydrogen) atoms. The van der Waals surface area contributed by atoms with Crippen molar-refractivity contribution in [2.75, 3.05) is 26.3 Å². The number of nitrogens with zero attached hydrogens (tertiary/aromatic N) is 2. The molecule has 0 aromatic heterocycles. The van der Waals surface area contributed by atoms with E-state index in [1.165, 1.54) is 32.1 Å². The molecule has 0 aromatic carbocycles. The SMILES string of the molecule is N/C(CC1CCCCC1)=N\N1CCOCC1. The topological polar surface area (TPSA) is 50.8 Å². The molecule has 4 nitrogen and oxygen atoms in total. The van der Waals surface area contributed by atoms with Crippen LogP contribution in [0.2, 0.25) is 0 Å². The van der Waals surface area contributed by atoms with E-state index >= 15 is 0 Å². The van der Waals surface area contributed by atoms with Crippen LogP contribution < -0.4 is 5.73 Å². The van der Waals surface area contributed by atoms with Gasteiger partial charge in [0.05, 0.1) is 26.3 Å². The van der Waals surface area contributed by atoms with E-state index in [-0.39, 0.29) is 0 Å². The summed E-state index contributed by atoms with van der Waals surface area (Å²) >= 11 is 0. The number of amidine groups is 1. The lowest BCUT2D eigenvalue weighted by Gasteiger charge is -2.26. The van der Waals surface area contributed by atoms with Crippen molar-refractivity contribution < 1.29 is 4.74 Å². The molecule has 0 spiro atoms. The number of rotatable bonds is 3. The molecule has 0 unspecified atom stereocenters. The molecule has 1 heterocycles. The van der Waals surface area contributed by atoms with Gasteiger partial charge in [-0.2, -0.15) is 5.10 Å². The van der Waals surface area contributed by atoms with E-state index in [0.29, 0.717) is 0 Å². The van der Waals surface area contributed by atoms with Crippen LogP contribution in [0.3, 0.4) is 0 Å². The Hall–Kier alpha value is -0.770. The van der Waals surface area contributed by atoms with Crippen molar-refractivity contribution in [3.05, 3.63) is 0 Å². The van der Waals surface area contributed by atoms with Crippen molar-refractivity contribution in [3.8, 4) is 0 Å². The van der Waals surface area contributed by atoms with Crippen molar-refractivity contribution in [1.82, 2.24) is 5.01 Å². The van der Waals surface area contributed by atoms with E-state index < -0.39 is 0 Å². The maximum absolute atomic E-state index is 6.00. The van der Waals surface area contributed by atoms with E-state index in [9.17, 15) is 0 Å². The van der Waals surface area contributed by atoms with Crippen LogP contribution in [0.1, 0.15) is 38.5 Å². The monoisotopic (exact) mass is 225 g/mol. The van der Waals surface area contributed by atoms with Gasteiger partial charge < -0.3 is 10.5 Å². The molecule has 92 valence electrons. The second-order valence-corrected chi connectivity index (χ2v) is 4.87. The highest BCUT2D eigenvalue weighted by atomic mass is 16.5. The zero-order chi connectivity index (χ0) is 11.2. The molecular weight excluding hydrogens is 202 g/mol. The lowest BCUT2D eigenvalue weighted by Crippen LogP contribution is -2.34. The summed E-state index contributed by atoms with van der Waals surface area (Å²) in [5.74, 6) is 1.59. The third-order valence-corrected chi connectivity index (χ3v) is 3.48. The van der Waals surface area contributed by atoms with E-state index in [2.05, 4.69) is 5.10 Å².